The lowest BCUT2D eigenvalue weighted by Gasteiger charge is -2.08. The van der Waals surface area contributed by atoms with Crippen molar-refractivity contribution in [2.75, 3.05) is 13.1 Å². The lowest BCUT2D eigenvalue weighted by molar-refractivity contribution is 0.0927. The van der Waals surface area contributed by atoms with E-state index in [0.29, 0.717) is 33.3 Å². The van der Waals surface area contributed by atoms with Crippen LogP contribution in [0.15, 0.2) is 35.0 Å². The molecule has 2 aromatic heterocycles. The number of carbonyl (C=O) groups excluding carboxylic acids is 2. The van der Waals surface area contributed by atoms with Gasteiger partial charge in [0.2, 0.25) is 0 Å². The molecule has 0 saturated carbocycles. The van der Waals surface area contributed by atoms with Crippen LogP contribution in [0.3, 0.4) is 0 Å². The van der Waals surface area contributed by atoms with Gasteiger partial charge >= 0.3 is 0 Å². The van der Waals surface area contributed by atoms with Crippen LogP contribution >= 0.6 is 23.2 Å². The zero-order valence-electron chi connectivity index (χ0n) is 14.4. The van der Waals surface area contributed by atoms with E-state index in [-0.39, 0.29) is 24.9 Å². The van der Waals surface area contributed by atoms with Crippen molar-refractivity contribution in [1.82, 2.24) is 20.8 Å². The number of nitrogens with zero attached hydrogens (tertiary/aromatic N) is 2. The third-order valence-electron chi connectivity index (χ3n) is 3.88. The van der Waals surface area contributed by atoms with Crippen molar-refractivity contribution >= 4 is 46.1 Å². The molecule has 0 aliphatic heterocycles. The van der Waals surface area contributed by atoms with Crippen molar-refractivity contribution in [1.29, 1.82) is 0 Å². The van der Waals surface area contributed by atoms with E-state index < -0.39 is 0 Å². The standard InChI is InChI=1S/C18H16Cl2N4O3/c1-2-15-12-7-11(9-23-18(12)27-24-15)17(26)22-6-5-21-16(25)10-3-4-13(19)14(20)8-10/h3-4,7-9H,2,5-6H2,1H3,(H,21,25)(H,22,26). The molecule has 0 bridgehead atoms. The minimum Gasteiger partial charge on any atom is -0.350 e. The number of amides is 2. The maximum Gasteiger partial charge on any atom is 0.257 e. The van der Waals surface area contributed by atoms with Crippen LogP contribution in [0.1, 0.15) is 33.3 Å². The molecule has 9 heteroatoms. The van der Waals surface area contributed by atoms with E-state index in [1.54, 1.807) is 18.2 Å². The molecule has 3 aromatic rings. The van der Waals surface area contributed by atoms with Gasteiger partial charge in [-0.25, -0.2) is 4.98 Å². The number of nitrogens with one attached hydrogen (secondary N) is 2. The van der Waals surface area contributed by atoms with E-state index in [2.05, 4.69) is 20.8 Å². The molecule has 0 radical (unpaired) electrons. The summed E-state index contributed by atoms with van der Waals surface area (Å²) in [7, 11) is 0. The highest BCUT2D eigenvalue weighted by Gasteiger charge is 2.13. The second-order valence-electron chi connectivity index (χ2n) is 5.70. The summed E-state index contributed by atoms with van der Waals surface area (Å²) in [5, 5.41) is 10.8. The number of aromatic nitrogens is 2. The number of hydrogen-bond donors (Lipinski definition) is 2. The Balaban J connectivity index is 1.53. The number of carbonyl (C=O) groups is 2. The van der Waals surface area contributed by atoms with Crippen molar-refractivity contribution in [2.45, 2.75) is 13.3 Å². The summed E-state index contributed by atoms with van der Waals surface area (Å²) in [5.74, 6) is -0.598. The normalized spacial score (nSPS) is 10.8. The smallest absolute Gasteiger partial charge is 0.257 e. The second kappa shape index (κ2) is 8.37. The van der Waals surface area contributed by atoms with E-state index >= 15 is 0 Å². The van der Waals surface area contributed by atoms with Crippen LogP contribution in [0.2, 0.25) is 10.0 Å². The Labute approximate surface area is 165 Å². The average Bonchev–Trinajstić information content (AvgIpc) is 3.09. The van der Waals surface area contributed by atoms with Crippen molar-refractivity contribution in [3.05, 3.63) is 57.3 Å². The van der Waals surface area contributed by atoms with Crippen LogP contribution in [-0.4, -0.2) is 35.0 Å². The fraction of sp³-hybridized carbons (Fsp3) is 0.222. The van der Waals surface area contributed by atoms with Crippen LogP contribution in [0.25, 0.3) is 11.1 Å². The van der Waals surface area contributed by atoms with Gasteiger partial charge in [0.05, 0.1) is 26.7 Å². The zero-order valence-corrected chi connectivity index (χ0v) is 15.9. The van der Waals surface area contributed by atoms with E-state index in [9.17, 15) is 9.59 Å². The van der Waals surface area contributed by atoms with Gasteiger partial charge in [0.25, 0.3) is 17.5 Å². The van der Waals surface area contributed by atoms with E-state index in [1.807, 2.05) is 6.92 Å². The molecule has 0 saturated heterocycles. The summed E-state index contributed by atoms with van der Waals surface area (Å²) in [5.41, 5.74) is 1.94. The molecule has 2 N–H and O–H groups in total. The molecular formula is C18H16Cl2N4O3. The van der Waals surface area contributed by atoms with Crippen molar-refractivity contribution < 1.29 is 14.1 Å². The van der Waals surface area contributed by atoms with Gasteiger partial charge in [0.15, 0.2) is 0 Å². The third-order valence-corrected chi connectivity index (χ3v) is 4.62. The summed E-state index contributed by atoms with van der Waals surface area (Å²) in [6.07, 6.45) is 2.11. The fourth-order valence-corrected chi connectivity index (χ4v) is 2.75. The molecule has 7 nitrogen and oxygen atoms in total. The Bertz CT molecular complexity index is 1000. The van der Waals surface area contributed by atoms with Gasteiger partial charge in [-0.15, -0.1) is 0 Å². The molecule has 27 heavy (non-hydrogen) atoms. The number of halogens is 2. The maximum absolute atomic E-state index is 12.3. The van der Waals surface area contributed by atoms with Gasteiger partial charge in [0.1, 0.15) is 0 Å². The molecule has 1 aromatic carbocycles. The Kier molecular flexibility index (Phi) is 5.93. The molecule has 0 aliphatic carbocycles. The lowest BCUT2D eigenvalue weighted by atomic mass is 10.1. The molecule has 2 amide bonds. The first-order valence-corrected chi connectivity index (χ1v) is 9.01. The highest BCUT2D eigenvalue weighted by atomic mass is 35.5. The van der Waals surface area contributed by atoms with Gasteiger partial charge in [0, 0.05) is 24.8 Å². The first kappa shape index (κ1) is 19.1. The third kappa shape index (κ3) is 4.37. The molecule has 0 atom stereocenters. The predicted molar refractivity (Wildman–Crippen MR) is 102 cm³/mol. The lowest BCUT2D eigenvalue weighted by Crippen LogP contribution is -2.34. The summed E-state index contributed by atoms with van der Waals surface area (Å²) < 4.78 is 5.10. The van der Waals surface area contributed by atoms with E-state index in [1.165, 1.54) is 12.3 Å². The number of hydrogen-bond acceptors (Lipinski definition) is 5. The Morgan fingerprint density at radius 2 is 1.74 bits per heavy atom. The number of fused-ring (bicyclic) bond motifs is 1. The molecule has 0 aliphatic rings. The van der Waals surface area contributed by atoms with Gasteiger partial charge in [-0.1, -0.05) is 35.3 Å². The molecule has 3 rings (SSSR count). The summed E-state index contributed by atoms with van der Waals surface area (Å²) in [6, 6.07) is 6.32. The quantitative estimate of drug-likeness (QED) is 0.612. The number of benzene rings is 1. The SMILES string of the molecule is CCc1noc2ncc(C(=O)NCCNC(=O)c3ccc(Cl)c(Cl)c3)cc12. The van der Waals surface area contributed by atoms with Crippen molar-refractivity contribution in [2.24, 2.45) is 0 Å². The minimum absolute atomic E-state index is 0.258. The molecular weight excluding hydrogens is 391 g/mol. The fourth-order valence-electron chi connectivity index (χ4n) is 2.45. The average molecular weight is 407 g/mol. The van der Waals surface area contributed by atoms with Crippen LogP contribution in [0, 0.1) is 0 Å². The van der Waals surface area contributed by atoms with Crippen molar-refractivity contribution in [3.63, 3.8) is 0 Å². The predicted octanol–water partition coefficient (Wildman–Crippen LogP) is 3.25. The minimum atomic E-state index is -0.303. The summed E-state index contributed by atoms with van der Waals surface area (Å²) >= 11 is 11.7. The maximum atomic E-state index is 12.3. The molecule has 140 valence electrons. The van der Waals surface area contributed by atoms with Crippen LogP contribution < -0.4 is 10.6 Å². The Morgan fingerprint density at radius 3 is 2.41 bits per heavy atom. The number of rotatable bonds is 6. The van der Waals surface area contributed by atoms with Crippen LogP contribution in [0.4, 0.5) is 0 Å². The summed E-state index contributed by atoms with van der Waals surface area (Å²) in [6.45, 7) is 2.46. The second-order valence-corrected chi connectivity index (χ2v) is 6.51. The largest absolute Gasteiger partial charge is 0.350 e. The van der Waals surface area contributed by atoms with E-state index in [4.69, 9.17) is 27.7 Å². The first-order chi connectivity index (χ1) is 13.0. The van der Waals surface area contributed by atoms with Gasteiger partial charge in [-0.3, -0.25) is 9.59 Å². The topological polar surface area (TPSA) is 97.1 Å². The monoisotopic (exact) mass is 406 g/mol. The highest BCUT2D eigenvalue weighted by Crippen LogP contribution is 2.22. The summed E-state index contributed by atoms with van der Waals surface area (Å²) in [4.78, 5) is 28.4. The van der Waals surface area contributed by atoms with Gasteiger partial charge in [-0.05, 0) is 30.7 Å². The Hall–Kier alpha value is -2.64. The molecule has 0 unspecified atom stereocenters. The first-order valence-electron chi connectivity index (χ1n) is 8.25. The number of aryl methyl sites for hydroxylation is 1. The molecule has 0 spiro atoms. The van der Waals surface area contributed by atoms with Gasteiger partial charge < -0.3 is 15.2 Å². The molecule has 0 fully saturated rings. The van der Waals surface area contributed by atoms with Crippen LogP contribution in [-0.2, 0) is 6.42 Å². The van der Waals surface area contributed by atoms with Gasteiger partial charge in [-0.2, -0.15) is 0 Å². The van der Waals surface area contributed by atoms with Crippen LogP contribution in [0.5, 0.6) is 0 Å². The number of pyridine rings is 1. The molecule has 2 heterocycles. The van der Waals surface area contributed by atoms with Crippen molar-refractivity contribution in [3.8, 4) is 0 Å². The highest BCUT2D eigenvalue weighted by molar-refractivity contribution is 6.42. The van der Waals surface area contributed by atoms with E-state index in [0.717, 1.165) is 11.1 Å². The zero-order chi connectivity index (χ0) is 19.4. The Morgan fingerprint density at radius 1 is 1.04 bits per heavy atom.